The van der Waals surface area contributed by atoms with E-state index in [-0.39, 0.29) is 0 Å². The van der Waals surface area contributed by atoms with E-state index in [0.29, 0.717) is 12.1 Å². The fourth-order valence-electron chi connectivity index (χ4n) is 2.33. The van der Waals surface area contributed by atoms with Gasteiger partial charge in [-0.05, 0) is 25.2 Å². The van der Waals surface area contributed by atoms with Gasteiger partial charge in [0.1, 0.15) is 0 Å². The van der Waals surface area contributed by atoms with Crippen molar-refractivity contribution in [1.82, 2.24) is 10.6 Å². The van der Waals surface area contributed by atoms with Crippen molar-refractivity contribution in [3.8, 4) is 0 Å². The number of aliphatic imine (C=N–C) groups is 1. The van der Waals surface area contributed by atoms with E-state index >= 15 is 0 Å². The Kier molecular flexibility index (Phi) is 2.09. The molecule has 1 saturated carbocycles. The Morgan fingerprint density at radius 1 is 1.36 bits per heavy atom. The van der Waals surface area contributed by atoms with E-state index in [1.54, 1.807) is 0 Å². The molecule has 2 fully saturated rings. The Morgan fingerprint density at radius 2 is 2.29 bits per heavy atom. The summed E-state index contributed by atoms with van der Waals surface area (Å²) in [6, 6.07) is 0.492. The Balaban J connectivity index is 1.59. The van der Waals surface area contributed by atoms with Gasteiger partial charge in [-0.1, -0.05) is 0 Å². The first-order chi connectivity index (χ1) is 6.93. The molecule has 1 saturated heterocycles. The van der Waals surface area contributed by atoms with Gasteiger partial charge in [-0.3, -0.25) is 4.99 Å². The lowest BCUT2D eigenvalue weighted by Crippen LogP contribution is -2.45. The molecule has 4 heteroatoms. The Bertz CT molecular complexity index is 250. The zero-order chi connectivity index (χ0) is 9.38. The molecule has 0 aromatic heterocycles. The van der Waals surface area contributed by atoms with Gasteiger partial charge in [-0.2, -0.15) is 0 Å². The van der Waals surface area contributed by atoms with E-state index in [1.165, 1.54) is 12.8 Å². The normalized spacial score (nSPS) is 36.7. The van der Waals surface area contributed by atoms with Crippen LogP contribution in [0, 0.1) is 5.92 Å². The van der Waals surface area contributed by atoms with Crippen molar-refractivity contribution in [1.29, 1.82) is 0 Å². The highest BCUT2D eigenvalue weighted by molar-refractivity contribution is 5.81. The Morgan fingerprint density at radius 3 is 3.00 bits per heavy atom. The molecule has 2 aliphatic heterocycles. The zero-order valence-corrected chi connectivity index (χ0v) is 8.33. The smallest absolute Gasteiger partial charge is 0.191 e. The Labute approximate surface area is 84.1 Å². The van der Waals surface area contributed by atoms with Crippen LogP contribution in [0.1, 0.15) is 19.3 Å². The molecule has 3 rings (SSSR count). The summed E-state index contributed by atoms with van der Waals surface area (Å²) < 4.78 is 5.75. The molecule has 2 heterocycles. The van der Waals surface area contributed by atoms with E-state index in [1.807, 2.05) is 0 Å². The molecular weight excluding hydrogens is 178 g/mol. The first-order valence-electron chi connectivity index (χ1n) is 5.60. The summed E-state index contributed by atoms with van der Waals surface area (Å²) in [4.78, 5) is 4.35. The van der Waals surface area contributed by atoms with Gasteiger partial charge in [-0.25, -0.2) is 0 Å². The van der Waals surface area contributed by atoms with Crippen LogP contribution in [0.5, 0.6) is 0 Å². The molecule has 0 aromatic rings. The minimum atomic E-state index is 0.445. The van der Waals surface area contributed by atoms with E-state index in [2.05, 4.69) is 15.6 Å². The van der Waals surface area contributed by atoms with Gasteiger partial charge in [-0.15, -0.1) is 0 Å². The molecule has 0 bridgehead atoms. The molecule has 78 valence electrons. The van der Waals surface area contributed by atoms with Crippen molar-refractivity contribution in [3.05, 3.63) is 0 Å². The van der Waals surface area contributed by atoms with E-state index < -0.39 is 0 Å². The molecule has 2 atom stereocenters. The molecular formula is C10H17N3O. The monoisotopic (exact) mass is 195 g/mol. The van der Waals surface area contributed by atoms with Crippen LogP contribution in [-0.4, -0.2) is 37.8 Å². The molecule has 2 unspecified atom stereocenters. The highest BCUT2D eigenvalue weighted by Crippen LogP contribution is 2.38. The molecule has 4 nitrogen and oxygen atoms in total. The van der Waals surface area contributed by atoms with Crippen LogP contribution in [0.25, 0.3) is 0 Å². The average molecular weight is 195 g/mol. The van der Waals surface area contributed by atoms with Gasteiger partial charge in [0.2, 0.25) is 0 Å². The Hall–Kier alpha value is -0.770. The first-order valence-corrected chi connectivity index (χ1v) is 5.60. The van der Waals surface area contributed by atoms with Crippen LogP contribution >= 0.6 is 0 Å². The number of ether oxygens (including phenoxy) is 1. The van der Waals surface area contributed by atoms with Crippen LogP contribution in [-0.2, 0) is 4.74 Å². The summed E-state index contributed by atoms with van der Waals surface area (Å²) >= 11 is 0. The van der Waals surface area contributed by atoms with E-state index in [4.69, 9.17) is 4.74 Å². The van der Waals surface area contributed by atoms with Crippen molar-refractivity contribution < 1.29 is 4.74 Å². The number of rotatable bonds is 2. The summed E-state index contributed by atoms with van der Waals surface area (Å²) in [6.45, 7) is 2.79. The van der Waals surface area contributed by atoms with Crippen LogP contribution < -0.4 is 10.6 Å². The minimum absolute atomic E-state index is 0.445. The second-order valence-electron chi connectivity index (χ2n) is 4.37. The number of guanidine groups is 1. The highest BCUT2D eigenvalue weighted by atomic mass is 16.5. The predicted molar refractivity (Wildman–Crippen MR) is 54.3 cm³/mol. The van der Waals surface area contributed by atoms with Gasteiger partial charge in [0, 0.05) is 13.2 Å². The number of nitrogens with one attached hydrogen (secondary N) is 2. The molecule has 2 N–H and O–H groups in total. The van der Waals surface area contributed by atoms with Gasteiger partial charge in [0.15, 0.2) is 5.96 Å². The summed E-state index contributed by atoms with van der Waals surface area (Å²) in [5, 5.41) is 6.71. The van der Waals surface area contributed by atoms with Crippen molar-refractivity contribution in [3.63, 3.8) is 0 Å². The zero-order valence-electron chi connectivity index (χ0n) is 8.33. The molecule has 14 heavy (non-hydrogen) atoms. The molecule has 3 aliphatic rings. The van der Waals surface area contributed by atoms with Crippen LogP contribution in [0.15, 0.2) is 4.99 Å². The van der Waals surface area contributed by atoms with Crippen LogP contribution in [0.4, 0.5) is 0 Å². The van der Waals surface area contributed by atoms with E-state index in [0.717, 1.165) is 38.0 Å². The number of nitrogens with zero attached hydrogens (tertiary/aromatic N) is 1. The average Bonchev–Trinajstić information content (AvgIpc) is 2.74. The maximum absolute atomic E-state index is 5.75. The molecule has 0 amide bonds. The van der Waals surface area contributed by atoms with Crippen molar-refractivity contribution in [2.24, 2.45) is 10.9 Å². The molecule has 0 radical (unpaired) electrons. The second kappa shape index (κ2) is 3.42. The third-order valence-electron chi connectivity index (χ3n) is 3.22. The topological polar surface area (TPSA) is 45.6 Å². The third kappa shape index (κ3) is 1.59. The quantitative estimate of drug-likeness (QED) is 0.657. The van der Waals surface area contributed by atoms with Crippen LogP contribution in [0.3, 0.4) is 0 Å². The van der Waals surface area contributed by atoms with E-state index in [9.17, 15) is 0 Å². The van der Waals surface area contributed by atoms with Gasteiger partial charge < -0.3 is 15.4 Å². The van der Waals surface area contributed by atoms with Crippen molar-refractivity contribution >= 4 is 5.96 Å². The predicted octanol–water partition coefficient (Wildman–Crippen LogP) is 0.103. The maximum Gasteiger partial charge on any atom is 0.191 e. The summed E-state index contributed by atoms with van der Waals surface area (Å²) in [7, 11) is 0. The van der Waals surface area contributed by atoms with Gasteiger partial charge in [0.05, 0.1) is 18.7 Å². The van der Waals surface area contributed by atoms with Crippen LogP contribution in [0.2, 0.25) is 0 Å². The molecule has 0 spiro atoms. The lowest BCUT2D eigenvalue weighted by Gasteiger charge is -2.20. The lowest BCUT2D eigenvalue weighted by molar-refractivity contribution is 0.0842. The van der Waals surface area contributed by atoms with Crippen molar-refractivity contribution in [2.45, 2.75) is 31.4 Å². The largest absolute Gasteiger partial charge is 0.376 e. The second-order valence-corrected chi connectivity index (χ2v) is 4.37. The molecule has 0 aromatic carbocycles. The van der Waals surface area contributed by atoms with Gasteiger partial charge >= 0.3 is 0 Å². The summed E-state index contributed by atoms with van der Waals surface area (Å²) in [5.41, 5.74) is 0. The summed E-state index contributed by atoms with van der Waals surface area (Å²) in [6.07, 6.45) is 4.27. The van der Waals surface area contributed by atoms with Gasteiger partial charge in [0.25, 0.3) is 0 Å². The highest BCUT2D eigenvalue weighted by Gasteiger charge is 2.40. The SMILES string of the molecule is C1CNC(NC2CCOC2C2CC2)=N1. The minimum Gasteiger partial charge on any atom is -0.376 e. The number of hydrogen-bond donors (Lipinski definition) is 2. The first kappa shape index (κ1) is 8.53. The molecule has 1 aliphatic carbocycles. The fourth-order valence-corrected chi connectivity index (χ4v) is 2.33. The number of hydrogen-bond acceptors (Lipinski definition) is 4. The summed E-state index contributed by atoms with van der Waals surface area (Å²) in [5.74, 6) is 1.79. The third-order valence-corrected chi connectivity index (χ3v) is 3.22. The maximum atomic E-state index is 5.75. The fraction of sp³-hybridized carbons (Fsp3) is 0.900. The standard InChI is InChI=1S/C10H17N3O/c1-2-7(1)9-8(3-6-14-9)13-10-11-4-5-12-10/h7-9H,1-6H2,(H2,11,12,13). The lowest BCUT2D eigenvalue weighted by atomic mass is 10.1. The van der Waals surface area contributed by atoms with Crippen molar-refractivity contribution in [2.75, 3.05) is 19.7 Å².